The number of hydrogen-bond acceptors (Lipinski definition) is 4. The van der Waals surface area contributed by atoms with Crippen molar-refractivity contribution in [2.75, 3.05) is 32.1 Å². The average molecular weight is 312 g/mol. The van der Waals surface area contributed by atoms with E-state index in [1.165, 1.54) is 0 Å². The molecule has 0 atom stereocenters. The van der Waals surface area contributed by atoms with Crippen LogP contribution in [0.5, 0.6) is 5.75 Å². The zero-order valence-corrected chi connectivity index (χ0v) is 13.3. The first kappa shape index (κ1) is 16.5. The zero-order chi connectivity index (χ0) is 16.7. The molecule has 0 radical (unpaired) electrons. The van der Waals surface area contributed by atoms with Crippen LogP contribution in [-0.4, -0.2) is 39.4 Å². The molecule has 0 unspecified atom stereocenters. The maximum atomic E-state index is 11.9. The fourth-order valence-electron chi connectivity index (χ4n) is 2.00. The summed E-state index contributed by atoms with van der Waals surface area (Å²) < 4.78 is 5.63. The monoisotopic (exact) mass is 312 g/mol. The zero-order valence-electron chi connectivity index (χ0n) is 13.3. The minimum atomic E-state index is -0.187. The Morgan fingerprint density at radius 1 is 1.17 bits per heavy atom. The van der Waals surface area contributed by atoms with Gasteiger partial charge in [0, 0.05) is 37.0 Å². The second kappa shape index (κ2) is 7.98. The van der Waals surface area contributed by atoms with Crippen LogP contribution in [0, 0.1) is 0 Å². The van der Waals surface area contributed by atoms with Gasteiger partial charge in [-0.1, -0.05) is 18.2 Å². The van der Waals surface area contributed by atoms with Crippen molar-refractivity contribution in [3.8, 4) is 5.75 Å². The van der Waals surface area contributed by atoms with Gasteiger partial charge in [-0.2, -0.15) is 0 Å². The lowest BCUT2D eigenvalue weighted by Crippen LogP contribution is -2.28. The van der Waals surface area contributed by atoms with Gasteiger partial charge < -0.3 is 15.0 Å². The molecule has 0 aliphatic heterocycles. The number of aldehydes is 1. The van der Waals surface area contributed by atoms with Crippen LogP contribution in [0.3, 0.4) is 0 Å². The van der Waals surface area contributed by atoms with Crippen molar-refractivity contribution in [3.63, 3.8) is 0 Å². The standard InChI is InChI=1S/C18H20N2O3/c1-20(2)16-4-3-5-17(12-16)23-11-10-19-18(22)15-8-6-14(13-21)7-9-15/h3-9,12-13H,10-11H2,1-2H3,(H,19,22). The molecule has 0 aliphatic rings. The predicted octanol–water partition coefficient (Wildman–Crippen LogP) is 2.37. The third-order valence-electron chi connectivity index (χ3n) is 3.30. The molecule has 2 aromatic rings. The Morgan fingerprint density at radius 3 is 2.57 bits per heavy atom. The third kappa shape index (κ3) is 4.85. The number of anilines is 1. The number of nitrogens with one attached hydrogen (secondary N) is 1. The summed E-state index contributed by atoms with van der Waals surface area (Å²) in [7, 11) is 3.93. The van der Waals surface area contributed by atoms with Crippen molar-refractivity contribution < 1.29 is 14.3 Å². The van der Waals surface area contributed by atoms with Crippen LogP contribution in [0.1, 0.15) is 20.7 Å². The van der Waals surface area contributed by atoms with Crippen LogP contribution >= 0.6 is 0 Å². The summed E-state index contributed by atoms with van der Waals surface area (Å²) in [5, 5.41) is 2.78. The summed E-state index contributed by atoms with van der Waals surface area (Å²) in [5.41, 5.74) is 2.12. The molecule has 0 spiro atoms. The molecule has 23 heavy (non-hydrogen) atoms. The molecule has 2 rings (SSSR count). The maximum absolute atomic E-state index is 11.9. The van der Waals surface area contributed by atoms with Crippen LogP contribution in [0.4, 0.5) is 5.69 Å². The highest BCUT2D eigenvalue weighted by atomic mass is 16.5. The van der Waals surface area contributed by atoms with Crippen molar-refractivity contribution in [1.82, 2.24) is 5.32 Å². The molecule has 120 valence electrons. The molecule has 0 aromatic heterocycles. The molecule has 0 fully saturated rings. The number of benzene rings is 2. The highest BCUT2D eigenvalue weighted by Gasteiger charge is 2.05. The summed E-state index contributed by atoms with van der Waals surface area (Å²) in [5.74, 6) is 0.578. The lowest BCUT2D eigenvalue weighted by molar-refractivity contribution is 0.0946. The van der Waals surface area contributed by atoms with E-state index in [1.54, 1.807) is 24.3 Å². The lowest BCUT2D eigenvalue weighted by atomic mass is 10.1. The second-order valence-corrected chi connectivity index (χ2v) is 5.24. The maximum Gasteiger partial charge on any atom is 0.251 e. The molecule has 1 N–H and O–H groups in total. The van der Waals surface area contributed by atoms with E-state index in [0.29, 0.717) is 24.3 Å². The summed E-state index contributed by atoms with van der Waals surface area (Å²) in [4.78, 5) is 24.5. The molecule has 5 nitrogen and oxygen atoms in total. The topological polar surface area (TPSA) is 58.6 Å². The van der Waals surface area contributed by atoms with Gasteiger partial charge in [0.05, 0.1) is 6.54 Å². The van der Waals surface area contributed by atoms with Crippen LogP contribution < -0.4 is 15.0 Å². The third-order valence-corrected chi connectivity index (χ3v) is 3.30. The lowest BCUT2D eigenvalue weighted by Gasteiger charge is -2.14. The van der Waals surface area contributed by atoms with Gasteiger partial charge in [0.15, 0.2) is 0 Å². The smallest absolute Gasteiger partial charge is 0.251 e. The largest absolute Gasteiger partial charge is 0.492 e. The SMILES string of the molecule is CN(C)c1cccc(OCCNC(=O)c2ccc(C=O)cc2)c1. The number of amides is 1. The minimum absolute atomic E-state index is 0.187. The molecule has 0 saturated heterocycles. The number of hydrogen-bond donors (Lipinski definition) is 1. The average Bonchev–Trinajstić information content (AvgIpc) is 2.59. The first-order valence-electron chi connectivity index (χ1n) is 7.34. The summed E-state index contributed by atoms with van der Waals surface area (Å²) in [6, 6.07) is 14.2. The van der Waals surface area contributed by atoms with Crippen LogP contribution in [0.25, 0.3) is 0 Å². The Morgan fingerprint density at radius 2 is 1.91 bits per heavy atom. The normalized spacial score (nSPS) is 10.0. The highest BCUT2D eigenvalue weighted by Crippen LogP contribution is 2.18. The summed E-state index contributed by atoms with van der Waals surface area (Å²) in [6.07, 6.45) is 0.747. The van der Waals surface area contributed by atoms with Gasteiger partial charge in [0.25, 0.3) is 5.91 Å². The molecular formula is C18H20N2O3. The van der Waals surface area contributed by atoms with Gasteiger partial charge in [-0.3, -0.25) is 9.59 Å². The van der Waals surface area contributed by atoms with Crippen molar-refractivity contribution in [2.45, 2.75) is 0 Å². The Bertz CT molecular complexity index is 666. The Labute approximate surface area is 135 Å². The van der Waals surface area contributed by atoms with Gasteiger partial charge in [-0.15, -0.1) is 0 Å². The quantitative estimate of drug-likeness (QED) is 0.630. The molecule has 5 heteroatoms. The van der Waals surface area contributed by atoms with Gasteiger partial charge in [0.1, 0.15) is 18.6 Å². The number of carbonyl (C=O) groups is 2. The van der Waals surface area contributed by atoms with E-state index < -0.39 is 0 Å². The fraction of sp³-hybridized carbons (Fsp3) is 0.222. The van der Waals surface area contributed by atoms with Gasteiger partial charge in [0.2, 0.25) is 0 Å². The molecule has 0 heterocycles. The van der Waals surface area contributed by atoms with Gasteiger partial charge >= 0.3 is 0 Å². The Kier molecular flexibility index (Phi) is 5.74. The van der Waals surface area contributed by atoms with Crippen LogP contribution in [0.15, 0.2) is 48.5 Å². The van der Waals surface area contributed by atoms with E-state index in [1.807, 2.05) is 43.3 Å². The number of rotatable bonds is 7. The molecule has 0 saturated carbocycles. The Hall–Kier alpha value is -2.82. The number of nitrogens with zero attached hydrogens (tertiary/aromatic N) is 1. The number of carbonyl (C=O) groups excluding carboxylic acids is 2. The molecule has 0 aliphatic carbocycles. The Balaban J connectivity index is 1.79. The highest BCUT2D eigenvalue weighted by molar-refractivity contribution is 5.94. The van der Waals surface area contributed by atoms with E-state index in [-0.39, 0.29) is 5.91 Å². The number of ether oxygens (including phenoxy) is 1. The van der Waals surface area contributed by atoms with E-state index >= 15 is 0 Å². The van der Waals surface area contributed by atoms with E-state index in [9.17, 15) is 9.59 Å². The van der Waals surface area contributed by atoms with Crippen molar-refractivity contribution in [3.05, 3.63) is 59.7 Å². The van der Waals surface area contributed by atoms with Gasteiger partial charge in [-0.25, -0.2) is 0 Å². The summed E-state index contributed by atoms with van der Waals surface area (Å²) in [6.45, 7) is 0.787. The van der Waals surface area contributed by atoms with Gasteiger partial charge in [-0.05, 0) is 24.3 Å². The minimum Gasteiger partial charge on any atom is -0.492 e. The van der Waals surface area contributed by atoms with E-state index in [4.69, 9.17) is 4.74 Å². The van der Waals surface area contributed by atoms with Crippen molar-refractivity contribution in [2.24, 2.45) is 0 Å². The summed E-state index contributed by atoms with van der Waals surface area (Å²) >= 11 is 0. The van der Waals surface area contributed by atoms with Crippen LogP contribution in [-0.2, 0) is 0 Å². The first-order chi connectivity index (χ1) is 11.1. The predicted molar refractivity (Wildman–Crippen MR) is 90.4 cm³/mol. The fourth-order valence-corrected chi connectivity index (χ4v) is 2.00. The molecular weight excluding hydrogens is 292 g/mol. The second-order valence-electron chi connectivity index (χ2n) is 5.24. The van der Waals surface area contributed by atoms with Crippen molar-refractivity contribution >= 4 is 17.9 Å². The van der Waals surface area contributed by atoms with Crippen molar-refractivity contribution in [1.29, 1.82) is 0 Å². The molecule has 1 amide bonds. The van der Waals surface area contributed by atoms with Crippen LogP contribution in [0.2, 0.25) is 0 Å². The first-order valence-corrected chi connectivity index (χ1v) is 7.34. The van der Waals surface area contributed by atoms with E-state index in [0.717, 1.165) is 17.7 Å². The van der Waals surface area contributed by atoms with E-state index in [2.05, 4.69) is 5.32 Å². The molecule has 0 bridgehead atoms. The molecule has 2 aromatic carbocycles.